The number of piperazine rings is 1. The lowest BCUT2D eigenvalue weighted by atomic mass is 9.93. The van der Waals surface area contributed by atoms with Crippen molar-refractivity contribution >= 4 is 31.9 Å². The van der Waals surface area contributed by atoms with E-state index in [2.05, 4.69) is 60.3 Å². The van der Waals surface area contributed by atoms with Crippen molar-refractivity contribution in [1.29, 1.82) is 0 Å². The maximum absolute atomic E-state index is 4.91. The minimum Gasteiger partial charge on any atom is -0.314 e. The predicted molar refractivity (Wildman–Crippen MR) is 112 cm³/mol. The summed E-state index contributed by atoms with van der Waals surface area (Å²) in [5.41, 5.74) is 7.12. The highest BCUT2D eigenvalue weighted by atomic mass is 79.9. The Balaban J connectivity index is 1.66. The normalized spacial score (nSPS) is 23.2. The molecular formula is C21H23Br2N3. The molecule has 136 valence electrons. The number of halogens is 2. The lowest BCUT2D eigenvalue weighted by Gasteiger charge is -2.36. The second kappa shape index (κ2) is 7.01. The van der Waals surface area contributed by atoms with Crippen LogP contribution in [0.3, 0.4) is 0 Å². The first-order chi connectivity index (χ1) is 12.7. The van der Waals surface area contributed by atoms with E-state index in [-0.39, 0.29) is 6.04 Å². The molecule has 3 aliphatic rings. The van der Waals surface area contributed by atoms with Crippen LogP contribution in [-0.2, 0) is 12.8 Å². The zero-order valence-corrected chi connectivity index (χ0v) is 17.9. The Morgan fingerprint density at radius 3 is 2.58 bits per heavy atom. The van der Waals surface area contributed by atoms with Crippen molar-refractivity contribution in [2.45, 2.75) is 37.6 Å². The molecule has 2 aliphatic carbocycles. The first kappa shape index (κ1) is 17.4. The van der Waals surface area contributed by atoms with Crippen LogP contribution in [0.1, 0.15) is 52.7 Å². The summed E-state index contributed by atoms with van der Waals surface area (Å²) in [5, 5.41) is 3.49. The third-order valence-corrected chi connectivity index (χ3v) is 7.38. The second-order valence-corrected chi connectivity index (χ2v) is 9.41. The van der Waals surface area contributed by atoms with Gasteiger partial charge in [-0.3, -0.25) is 9.88 Å². The van der Waals surface area contributed by atoms with Crippen LogP contribution in [0.5, 0.6) is 0 Å². The number of aromatic nitrogens is 1. The zero-order chi connectivity index (χ0) is 17.7. The molecule has 1 atom stereocenters. The van der Waals surface area contributed by atoms with Crippen molar-refractivity contribution in [2.24, 2.45) is 0 Å². The lowest BCUT2D eigenvalue weighted by molar-refractivity contribution is 0.195. The second-order valence-electron chi connectivity index (χ2n) is 7.70. The molecule has 0 unspecified atom stereocenters. The molecule has 2 heterocycles. The standard InChI is InChI=1S/C21H23Br2N3/c22-15-11-14-3-4-17-18(6-5-16(19(17)23)13-1-2-13)21(20(14)25-12-15)26-9-7-24-8-10-26/h5-6,11-13,21,24H,1-4,7-10H2/t21-/m1/s1. The number of hydrogen-bond donors (Lipinski definition) is 1. The van der Waals surface area contributed by atoms with E-state index in [1.54, 1.807) is 0 Å². The molecule has 0 amide bonds. The van der Waals surface area contributed by atoms with Gasteiger partial charge in [0, 0.05) is 41.3 Å². The van der Waals surface area contributed by atoms with Crippen LogP contribution >= 0.6 is 31.9 Å². The molecule has 26 heavy (non-hydrogen) atoms. The molecule has 1 saturated carbocycles. The van der Waals surface area contributed by atoms with Gasteiger partial charge in [0.15, 0.2) is 0 Å². The molecular weight excluding hydrogens is 454 g/mol. The topological polar surface area (TPSA) is 28.2 Å². The smallest absolute Gasteiger partial charge is 0.0783 e. The molecule has 1 N–H and O–H groups in total. The fraction of sp³-hybridized carbons (Fsp3) is 0.476. The summed E-state index contributed by atoms with van der Waals surface area (Å²) in [4.78, 5) is 7.52. The number of hydrogen-bond acceptors (Lipinski definition) is 3. The van der Waals surface area contributed by atoms with Crippen LogP contribution in [-0.4, -0.2) is 36.1 Å². The molecule has 1 aliphatic heterocycles. The van der Waals surface area contributed by atoms with Crippen LogP contribution < -0.4 is 5.32 Å². The Morgan fingerprint density at radius 2 is 1.81 bits per heavy atom. The maximum Gasteiger partial charge on any atom is 0.0783 e. The number of rotatable bonds is 2. The van der Waals surface area contributed by atoms with E-state index in [1.165, 1.54) is 45.3 Å². The molecule has 2 aromatic rings. The first-order valence-electron chi connectivity index (χ1n) is 9.62. The van der Waals surface area contributed by atoms with Gasteiger partial charge in [-0.25, -0.2) is 0 Å². The Bertz CT molecular complexity index is 841. The van der Waals surface area contributed by atoms with E-state index < -0.39 is 0 Å². The van der Waals surface area contributed by atoms with Gasteiger partial charge in [0.1, 0.15) is 0 Å². The highest BCUT2D eigenvalue weighted by Crippen LogP contribution is 2.47. The largest absolute Gasteiger partial charge is 0.314 e. The Labute approximate surface area is 171 Å². The van der Waals surface area contributed by atoms with Gasteiger partial charge in [-0.05, 0) is 75.9 Å². The summed E-state index contributed by atoms with van der Waals surface area (Å²) in [6, 6.07) is 7.32. The first-order valence-corrected chi connectivity index (χ1v) is 11.2. The number of pyridine rings is 1. The molecule has 5 rings (SSSR count). The number of fused-ring (bicyclic) bond motifs is 2. The summed E-state index contributed by atoms with van der Waals surface area (Å²) < 4.78 is 2.45. The zero-order valence-electron chi connectivity index (χ0n) is 14.8. The number of nitrogens with one attached hydrogen (secondary N) is 1. The minimum atomic E-state index is 0.266. The predicted octanol–water partition coefficient (Wildman–Crippen LogP) is 4.58. The molecule has 0 radical (unpaired) electrons. The van der Waals surface area contributed by atoms with Crippen molar-refractivity contribution in [3.05, 3.63) is 61.3 Å². The number of nitrogens with zero attached hydrogens (tertiary/aromatic N) is 2. The third kappa shape index (κ3) is 3.07. The van der Waals surface area contributed by atoms with Gasteiger partial charge in [0.05, 0.1) is 11.7 Å². The summed E-state index contributed by atoms with van der Waals surface area (Å²) in [6.45, 7) is 4.25. The van der Waals surface area contributed by atoms with Gasteiger partial charge in [0.25, 0.3) is 0 Å². The molecule has 5 heteroatoms. The average Bonchev–Trinajstić information content (AvgIpc) is 3.49. The monoisotopic (exact) mass is 475 g/mol. The number of aryl methyl sites for hydroxylation is 1. The van der Waals surface area contributed by atoms with Crippen LogP contribution in [0, 0.1) is 0 Å². The SMILES string of the molecule is Brc1cnc2c(c1)CCc1c(ccc(C3CC3)c1Br)[C@H]2N1CCNCC1. The molecule has 1 aromatic heterocycles. The summed E-state index contributed by atoms with van der Waals surface area (Å²) in [6.07, 6.45) is 6.79. The van der Waals surface area contributed by atoms with Crippen molar-refractivity contribution in [3.63, 3.8) is 0 Å². The molecule has 2 fully saturated rings. The Morgan fingerprint density at radius 1 is 1.04 bits per heavy atom. The van der Waals surface area contributed by atoms with Crippen molar-refractivity contribution < 1.29 is 0 Å². The van der Waals surface area contributed by atoms with Crippen molar-refractivity contribution in [2.75, 3.05) is 26.2 Å². The van der Waals surface area contributed by atoms with Gasteiger partial charge in [-0.15, -0.1) is 0 Å². The van der Waals surface area contributed by atoms with E-state index in [0.29, 0.717) is 0 Å². The van der Waals surface area contributed by atoms with Crippen molar-refractivity contribution in [1.82, 2.24) is 15.2 Å². The molecule has 0 bridgehead atoms. The van der Waals surface area contributed by atoms with Crippen molar-refractivity contribution in [3.8, 4) is 0 Å². The molecule has 1 aromatic carbocycles. The van der Waals surface area contributed by atoms with Gasteiger partial charge >= 0.3 is 0 Å². The minimum absolute atomic E-state index is 0.266. The van der Waals surface area contributed by atoms with E-state index >= 15 is 0 Å². The summed E-state index contributed by atoms with van der Waals surface area (Å²) in [5.74, 6) is 0.769. The van der Waals surface area contributed by atoms with Gasteiger partial charge in [0.2, 0.25) is 0 Å². The van der Waals surface area contributed by atoms with Crippen LogP contribution in [0.15, 0.2) is 33.3 Å². The fourth-order valence-electron chi connectivity index (χ4n) is 4.53. The summed E-state index contributed by atoms with van der Waals surface area (Å²) in [7, 11) is 0. The van der Waals surface area contributed by atoms with Crippen LogP contribution in [0.25, 0.3) is 0 Å². The van der Waals surface area contributed by atoms with Gasteiger partial charge < -0.3 is 5.32 Å². The van der Waals surface area contributed by atoms with Crippen LogP contribution in [0.4, 0.5) is 0 Å². The third-order valence-electron chi connectivity index (χ3n) is 6.01. The maximum atomic E-state index is 4.91. The molecule has 1 saturated heterocycles. The lowest BCUT2D eigenvalue weighted by Crippen LogP contribution is -2.45. The van der Waals surface area contributed by atoms with Gasteiger partial charge in [-0.1, -0.05) is 28.1 Å². The molecule has 0 spiro atoms. The highest BCUT2D eigenvalue weighted by molar-refractivity contribution is 9.10. The Hall–Kier alpha value is -0.750. The number of benzene rings is 1. The van der Waals surface area contributed by atoms with E-state index in [9.17, 15) is 0 Å². The quantitative estimate of drug-likeness (QED) is 0.687. The fourth-order valence-corrected chi connectivity index (χ4v) is 5.79. The van der Waals surface area contributed by atoms with Gasteiger partial charge in [-0.2, -0.15) is 0 Å². The van der Waals surface area contributed by atoms with E-state index in [1.807, 2.05) is 6.20 Å². The highest BCUT2D eigenvalue weighted by Gasteiger charge is 2.34. The van der Waals surface area contributed by atoms with Crippen LogP contribution in [0.2, 0.25) is 0 Å². The van der Waals surface area contributed by atoms with E-state index in [0.717, 1.165) is 49.4 Å². The molecule has 3 nitrogen and oxygen atoms in total. The average molecular weight is 477 g/mol. The Kier molecular flexibility index (Phi) is 4.68. The summed E-state index contributed by atoms with van der Waals surface area (Å²) >= 11 is 7.62. The van der Waals surface area contributed by atoms with E-state index in [4.69, 9.17) is 4.98 Å².